The van der Waals surface area contributed by atoms with Crippen molar-refractivity contribution in [2.75, 3.05) is 7.11 Å². The van der Waals surface area contributed by atoms with Crippen molar-refractivity contribution in [2.45, 2.75) is 58.0 Å². The number of carbonyl (C=O) groups is 1. The fraction of sp³-hybridized carbons (Fsp3) is 0.565. The predicted molar refractivity (Wildman–Crippen MR) is 109 cm³/mol. The Morgan fingerprint density at radius 3 is 2.61 bits per heavy atom. The van der Waals surface area contributed by atoms with Crippen molar-refractivity contribution in [1.29, 1.82) is 0 Å². The fourth-order valence-electron chi connectivity index (χ4n) is 5.23. The molecule has 1 aromatic heterocycles. The van der Waals surface area contributed by atoms with E-state index in [0.29, 0.717) is 24.3 Å². The minimum atomic E-state index is -0.0768. The molecule has 1 N–H and O–H groups in total. The number of methoxy groups -OCH3 is 1. The Morgan fingerprint density at radius 1 is 1.25 bits per heavy atom. The van der Waals surface area contributed by atoms with Gasteiger partial charge in [0, 0.05) is 30.9 Å². The number of imidazole rings is 1. The molecule has 0 saturated heterocycles. The van der Waals surface area contributed by atoms with Gasteiger partial charge in [0.25, 0.3) is 0 Å². The highest BCUT2D eigenvalue weighted by molar-refractivity contribution is 5.79. The predicted octanol–water partition coefficient (Wildman–Crippen LogP) is 3.92. The molecule has 4 rings (SSSR count). The van der Waals surface area contributed by atoms with Crippen molar-refractivity contribution in [3.63, 3.8) is 0 Å². The molecule has 2 aromatic rings. The number of fused-ring (bicyclic) bond motifs is 1. The van der Waals surface area contributed by atoms with Gasteiger partial charge in [0.15, 0.2) is 0 Å². The Balaban J connectivity index is 1.47. The summed E-state index contributed by atoms with van der Waals surface area (Å²) in [6, 6.07) is 8.67. The number of hydrogen-bond donors (Lipinski definition) is 1. The molecule has 2 fully saturated rings. The summed E-state index contributed by atoms with van der Waals surface area (Å²) in [5.41, 5.74) is 1.33. The summed E-state index contributed by atoms with van der Waals surface area (Å²) in [4.78, 5) is 17.2. The third kappa shape index (κ3) is 3.54. The molecule has 2 aliphatic carbocycles. The molecule has 2 aliphatic rings. The Bertz CT molecular complexity index is 814. The smallest absolute Gasteiger partial charge is 0.224 e. The molecular weight excluding hydrogens is 350 g/mol. The zero-order valence-corrected chi connectivity index (χ0v) is 17.1. The highest BCUT2D eigenvalue weighted by Crippen LogP contribution is 2.54. The molecule has 0 radical (unpaired) electrons. The van der Waals surface area contributed by atoms with Gasteiger partial charge in [-0.2, -0.15) is 0 Å². The Hall–Kier alpha value is -2.30. The number of nitrogens with one attached hydrogen (secondary N) is 1. The number of ether oxygens (including phenoxy) is 1. The second-order valence-electron chi connectivity index (χ2n) is 8.47. The summed E-state index contributed by atoms with van der Waals surface area (Å²) in [5.74, 6) is 3.64. The van der Waals surface area contributed by atoms with Crippen LogP contribution in [0.5, 0.6) is 5.75 Å². The lowest BCUT2D eigenvalue weighted by Crippen LogP contribution is -2.60. The molecule has 1 aromatic carbocycles. The molecule has 0 bridgehead atoms. The van der Waals surface area contributed by atoms with E-state index >= 15 is 0 Å². The number of benzene rings is 1. The molecule has 5 atom stereocenters. The van der Waals surface area contributed by atoms with E-state index in [9.17, 15) is 4.79 Å². The van der Waals surface area contributed by atoms with Gasteiger partial charge in [-0.15, -0.1) is 0 Å². The van der Waals surface area contributed by atoms with Gasteiger partial charge < -0.3 is 14.6 Å². The quantitative estimate of drug-likeness (QED) is 0.825. The Morgan fingerprint density at radius 2 is 1.96 bits per heavy atom. The second-order valence-corrected chi connectivity index (χ2v) is 8.47. The van der Waals surface area contributed by atoms with E-state index in [2.05, 4.69) is 27.0 Å². The average molecular weight is 382 g/mol. The molecule has 28 heavy (non-hydrogen) atoms. The largest absolute Gasteiger partial charge is 0.497 e. The number of aryl methyl sites for hydroxylation is 1. The molecule has 1 amide bonds. The van der Waals surface area contributed by atoms with Crippen LogP contribution in [0.25, 0.3) is 0 Å². The highest BCUT2D eigenvalue weighted by Gasteiger charge is 2.51. The zero-order valence-electron chi connectivity index (χ0n) is 17.1. The standard InChI is InChI=1S/C23H31N3O2/c1-15(14-26-13-12-24-16(26)2)23(27)25-22-20-7-5-4-6-19(20)21(22)17-8-10-18(28-3)11-9-17/h8-13,15,19-22H,4-7,14H2,1-3H3,(H,25,27)/t15-,19+,20+,21-,22-/m0/s1. The van der Waals surface area contributed by atoms with Crippen LogP contribution in [0.2, 0.25) is 0 Å². The lowest BCUT2D eigenvalue weighted by atomic mass is 9.53. The van der Waals surface area contributed by atoms with Gasteiger partial charge in [0.1, 0.15) is 11.6 Å². The first kappa shape index (κ1) is 19.0. The minimum Gasteiger partial charge on any atom is -0.497 e. The van der Waals surface area contributed by atoms with Gasteiger partial charge in [-0.3, -0.25) is 4.79 Å². The molecule has 5 heteroatoms. The summed E-state index contributed by atoms with van der Waals surface area (Å²) in [6.45, 7) is 4.66. The number of nitrogens with zero attached hydrogens (tertiary/aromatic N) is 2. The van der Waals surface area contributed by atoms with E-state index in [1.165, 1.54) is 31.2 Å². The summed E-state index contributed by atoms with van der Waals surface area (Å²) in [7, 11) is 1.70. The Kier molecular flexibility index (Phi) is 5.42. The van der Waals surface area contributed by atoms with Gasteiger partial charge in [0.05, 0.1) is 13.0 Å². The van der Waals surface area contributed by atoms with Crippen LogP contribution in [-0.2, 0) is 11.3 Å². The van der Waals surface area contributed by atoms with Crippen LogP contribution in [0.3, 0.4) is 0 Å². The number of rotatable bonds is 6. The third-order valence-corrected chi connectivity index (χ3v) is 6.84. The molecule has 0 unspecified atom stereocenters. The number of amides is 1. The van der Waals surface area contributed by atoms with Crippen LogP contribution < -0.4 is 10.1 Å². The summed E-state index contributed by atoms with van der Waals surface area (Å²) >= 11 is 0. The highest BCUT2D eigenvalue weighted by atomic mass is 16.5. The summed E-state index contributed by atoms with van der Waals surface area (Å²) in [6.07, 6.45) is 8.84. The molecule has 5 nitrogen and oxygen atoms in total. The van der Waals surface area contributed by atoms with Crippen molar-refractivity contribution < 1.29 is 9.53 Å². The van der Waals surface area contributed by atoms with Gasteiger partial charge in [0.2, 0.25) is 5.91 Å². The summed E-state index contributed by atoms with van der Waals surface area (Å²) < 4.78 is 7.36. The maximum absolute atomic E-state index is 13.0. The van der Waals surface area contributed by atoms with Crippen molar-refractivity contribution >= 4 is 5.91 Å². The average Bonchev–Trinajstić information content (AvgIpc) is 3.11. The van der Waals surface area contributed by atoms with Gasteiger partial charge >= 0.3 is 0 Å². The third-order valence-electron chi connectivity index (χ3n) is 6.84. The maximum atomic E-state index is 13.0. The monoisotopic (exact) mass is 381 g/mol. The lowest BCUT2D eigenvalue weighted by Gasteiger charge is -2.55. The molecule has 150 valence electrons. The van der Waals surface area contributed by atoms with Crippen molar-refractivity contribution in [3.8, 4) is 5.75 Å². The van der Waals surface area contributed by atoms with Crippen LogP contribution >= 0.6 is 0 Å². The first-order valence-electron chi connectivity index (χ1n) is 10.5. The van der Waals surface area contributed by atoms with E-state index in [0.717, 1.165) is 11.6 Å². The van der Waals surface area contributed by atoms with Gasteiger partial charge in [-0.25, -0.2) is 4.98 Å². The first-order valence-corrected chi connectivity index (χ1v) is 10.5. The fourth-order valence-corrected chi connectivity index (χ4v) is 5.23. The first-order chi connectivity index (χ1) is 13.6. The Labute approximate surface area is 167 Å². The number of aromatic nitrogens is 2. The van der Waals surface area contributed by atoms with Crippen LogP contribution in [0.15, 0.2) is 36.7 Å². The summed E-state index contributed by atoms with van der Waals surface area (Å²) in [5, 5.41) is 3.42. The lowest BCUT2D eigenvalue weighted by molar-refractivity contribution is -0.128. The molecule has 1 heterocycles. The van der Waals surface area contributed by atoms with E-state index in [1.807, 2.05) is 32.2 Å². The van der Waals surface area contributed by atoms with Crippen molar-refractivity contribution in [3.05, 3.63) is 48.0 Å². The van der Waals surface area contributed by atoms with E-state index in [1.54, 1.807) is 13.3 Å². The number of carbonyl (C=O) groups excluding carboxylic acids is 1. The van der Waals surface area contributed by atoms with E-state index < -0.39 is 0 Å². The molecular formula is C23H31N3O2. The maximum Gasteiger partial charge on any atom is 0.224 e. The number of hydrogen-bond acceptors (Lipinski definition) is 3. The molecule has 0 aliphatic heterocycles. The normalized spacial score (nSPS) is 27.4. The van der Waals surface area contributed by atoms with E-state index in [4.69, 9.17) is 4.74 Å². The van der Waals surface area contributed by atoms with Crippen LogP contribution in [0, 0.1) is 24.7 Å². The molecule has 2 saturated carbocycles. The zero-order chi connectivity index (χ0) is 19.7. The SMILES string of the molecule is COc1ccc([C@H]2[C@@H]3CCCC[C@H]3[C@@H]2NC(=O)[C@@H](C)Cn2ccnc2C)cc1. The van der Waals surface area contributed by atoms with Crippen LogP contribution in [0.1, 0.15) is 49.9 Å². The van der Waals surface area contributed by atoms with Crippen LogP contribution in [0.4, 0.5) is 0 Å². The molecule has 0 spiro atoms. The van der Waals surface area contributed by atoms with E-state index in [-0.39, 0.29) is 17.9 Å². The topological polar surface area (TPSA) is 56.1 Å². The minimum absolute atomic E-state index is 0.0768. The van der Waals surface area contributed by atoms with Gasteiger partial charge in [-0.05, 0) is 49.3 Å². The van der Waals surface area contributed by atoms with Gasteiger partial charge in [-0.1, -0.05) is 31.9 Å². The van der Waals surface area contributed by atoms with Crippen molar-refractivity contribution in [2.24, 2.45) is 17.8 Å². The van der Waals surface area contributed by atoms with Crippen molar-refractivity contribution in [1.82, 2.24) is 14.9 Å². The van der Waals surface area contributed by atoms with Crippen LogP contribution in [-0.4, -0.2) is 28.6 Å². The second kappa shape index (κ2) is 7.98.